The quantitative estimate of drug-likeness (QED) is 0.596. The predicted molar refractivity (Wildman–Crippen MR) is 45.9 cm³/mol. The fourth-order valence-corrected chi connectivity index (χ4v) is 0.995. The van der Waals surface area contributed by atoms with Crippen molar-refractivity contribution < 1.29 is 0 Å². The SMILES string of the molecule is [CH]=CCC(CCCC)NC. The Bertz CT molecular complexity index is 78.8. The van der Waals surface area contributed by atoms with Crippen LogP contribution < -0.4 is 5.32 Å². The van der Waals surface area contributed by atoms with Gasteiger partial charge in [0.1, 0.15) is 0 Å². The monoisotopic (exact) mass is 140 g/mol. The maximum Gasteiger partial charge on any atom is 0.00986 e. The molecule has 10 heavy (non-hydrogen) atoms. The Balaban J connectivity index is 3.29. The summed E-state index contributed by atoms with van der Waals surface area (Å²) in [5.41, 5.74) is 0. The minimum absolute atomic E-state index is 0.588. The second-order valence-corrected chi connectivity index (χ2v) is 2.60. The van der Waals surface area contributed by atoms with Gasteiger partial charge in [0, 0.05) is 6.04 Å². The molecule has 0 spiro atoms. The fraction of sp³-hybridized carbons (Fsp3) is 0.778. The van der Waals surface area contributed by atoms with Gasteiger partial charge in [-0.25, -0.2) is 0 Å². The molecule has 0 bridgehead atoms. The van der Waals surface area contributed by atoms with E-state index in [9.17, 15) is 0 Å². The summed E-state index contributed by atoms with van der Waals surface area (Å²) in [6, 6.07) is 0.588. The Labute approximate surface area is 64.5 Å². The van der Waals surface area contributed by atoms with E-state index in [4.69, 9.17) is 6.58 Å². The van der Waals surface area contributed by atoms with Gasteiger partial charge in [-0.05, 0) is 19.9 Å². The van der Waals surface area contributed by atoms with Gasteiger partial charge in [-0.2, -0.15) is 0 Å². The zero-order valence-corrected chi connectivity index (χ0v) is 7.06. The van der Waals surface area contributed by atoms with Crippen LogP contribution in [0.3, 0.4) is 0 Å². The summed E-state index contributed by atoms with van der Waals surface area (Å²) in [5, 5.41) is 3.23. The van der Waals surface area contributed by atoms with E-state index in [1.807, 2.05) is 7.05 Å². The molecule has 1 N–H and O–H groups in total. The smallest absolute Gasteiger partial charge is 0.00986 e. The van der Waals surface area contributed by atoms with Gasteiger partial charge in [-0.3, -0.25) is 0 Å². The normalized spacial score (nSPS) is 13.0. The molecule has 0 aliphatic heterocycles. The van der Waals surface area contributed by atoms with Crippen molar-refractivity contribution in [3.8, 4) is 0 Å². The average Bonchev–Trinajstić information content (AvgIpc) is 1.98. The average molecular weight is 140 g/mol. The van der Waals surface area contributed by atoms with E-state index < -0.39 is 0 Å². The van der Waals surface area contributed by atoms with E-state index in [1.165, 1.54) is 19.3 Å². The second-order valence-electron chi connectivity index (χ2n) is 2.60. The molecule has 0 rings (SSSR count). The third-order valence-electron chi connectivity index (χ3n) is 1.73. The van der Waals surface area contributed by atoms with Crippen molar-refractivity contribution >= 4 is 0 Å². The molecular weight excluding hydrogens is 122 g/mol. The van der Waals surface area contributed by atoms with Gasteiger partial charge in [0.2, 0.25) is 0 Å². The zero-order chi connectivity index (χ0) is 7.82. The van der Waals surface area contributed by atoms with Crippen molar-refractivity contribution in [1.82, 2.24) is 5.32 Å². The molecule has 1 heteroatoms. The Morgan fingerprint density at radius 2 is 2.30 bits per heavy atom. The summed E-state index contributed by atoms with van der Waals surface area (Å²) >= 11 is 0. The Kier molecular flexibility index (Phi) is 6.61. The number of hydrogen-bond donors (Lipinski definition) is 1. The van der Waals surface area contributed by atoms with Crippen molar-refractivity contribution in [2.24, 2.45) is 0 Å². The van der Waals surface area contributed by atoms with Gasteiger partial charge in [-0.1, -0.05) is 32.4 Å². The summed E-state index contributed by atoms with van der Waals surface area (Å²) in [5.74, 6) is 0. The van der Waals surface area contributed by atoms with Gasteiger partial charge in [-0.15, -0.1) is 0 Å². The van der Waals surface area contributed by atoms with Crippen molar-refractivity contribution in [2.45, 2.75) is 38.6 Å². The molecule has 1 unspecified atom stereocenters. The maximum absolute atomic E-state index is 5.31. The van der Waals surface area contributed by atoms with Crippen LogP contribution in [0.25, 0.3) is 0 Å². The molecule has 1 atom stereocenters. The lowest BCUT2D eigenvalue weighted by Gasteiger charge is -2.12. The molecule has 0 saturated heterocycles. The largest absolute Gasteiger partial charge is 0.317 e. The molecule has 0 aliphatic rings. The third-order valence-corrected chi connectivity index (χ3v) is 1.73. The lowest BCUT2D eigenvalue weighted by molar-refractivity contribution is 0.505. The van der Waals surface area contributed by atoms with Crippen molar-refractivity contribution in [3.05, 3.63) is 12.7 Å². The van der Waals surface area contributed by atoms with Crippen molar-refractivity contribution in [3.63, 3.8) is 0 Å². The van der Waals surface area contributed by atoms with Crippen LogP contribution in [-0.4, -0.2) is 13.1 Å². The number of rotatable bonds is 6. The highest BCUT2D eigenvalue weighted by Crippen LogP contribution is 2.03. The van der Waals surface area contributed by atoms with Gasteiger partial charge >= 0.3 is 0 Å². The first kappa shape index (κ1) is 9.70. The first-order chi connectivity index (χ1) is 4.85. The Hall–Kier alpha value is -0.300. The van der Waals surface area contributed by atoms with Crippen LogP contribution in [0.2, 0.25) is 0 Å². The van der Waals surface area contributed by atoms with Crippen LogP contribution in [-0.2, 0) is 0 Å². The molecule has 0 heterocycles. The van der Waals surface area contributed by atoms with Crippen LogP contribution in [0.1, 0.15) is 32.6 Å². The minimum Gasteiger partial charge on any atom is -0.317 e. The van der Waals surface area contributed by atoms with Crippen molar-refractivity contribution in [2.75, 3.05) is 7.05 Å². The summed E-state index contributed by atoms with van der Waals surface area (Å²) in [7, 11) is 1.99. The number of nitrogens with one attached hydrogen (secondary N) is 1. The highest BCUT2D eigenvalue weighted by Gasteiger charge is 2.00. The highest BCUT2D eigenvalue weighted by molar-refractivity contribution is 4.74. The van der Waals surface area contributed by atoms with Crippen molar-refractivity contribution in [1.29, 1.82) is 0 Å². The van der Waals surface area contributed by atoms with E-state index in [2.05, 4.69) is 12.2 Å². The van der Waals surface area contributed by atoms with Gasteiger partial charge in [0.15, 0.2) is 0 Å². The van der Waals surface area contributed by atoms with Crippen LogP contribution in [0.15, 0.2) is 6.08 Å². The molecule has 0 aromatic rings. The molecule has 1 radical (unpaired) electrons. The number of hydrogen-bond acceptors (Lipinski definition) is 1. The lowest BCUT2D eigenvalue weighted by Crippen LogP contribution is -2.23. The molecule has 0 aromatic heterocycles. The van der Waals surface area contributed by atoms with E-state index in [1.54, 1.807) is 6.08 Å². The van der Waals surface area contributed by atoms with E-state index in [0.717, 1.165) is 6.42 Å². The third kappa shape index (κ3) is 4.57. The standard InChI is InChI=1S/C9H18N/c1-4-6-8-9(10-3)7-5-2/h2,5,9-10H,4,6-8H2,1,3H3. The minimum atomic E-state index is 0.588. The maximum atomic E-state index is 5.31. The summed E-state index contributed by atoms with van der Waals surface area (Å²) in [6.45, 7) is 7.52. The van der Waals surface area contributed by atoms with Crippen LogP contribution in [0, 0.1) is 6.58 Å². The molecular formula is C9H18N. The van der Waals surface area contributed by atoms with E-state index >= 15 is 0 Å². The van der Waals surface area contributed by atoms with Crippen LogP contribution in [0.4, 0.5) is 0 Å². The Morgan fingerprint density at radius 3 is 2.70 bits per heavy atom. The molecule has 0 aliphatic carbocycles. The number of unbranched alkanes of at least 4 members (excludes halogenated alkanes) is 1. The molecule has 1 nitrogen and oxygen atoms in total. The van der Waals surface area contributed by atoms with Gasteiger partial charge < -0.3 is 5.32 Å². The van der Waals surface area contributed by atoms with Crippen LogP contribution in [0.5, 0.6) is 0 Å². The topological polar surface area (TPSA) is 12.0 Å². The Morgan fingerprint density at radius 1 is 1.60 bits per heavy atom. The zero-order valence-electron chi connectivity index (χ0n) is 7.06. The van der Waals surface area contributed by atoms with Gasteiger partial charge in [0.25, 0.3) is 0 Å². The molecule has 0 fully saturated rings. The highest BCUT2D eigenvalue weighted by atomic mass is 14.9. The first-order valence-corrected chi connectivity index (χ1v) is 4.05. The predicted octanol–water partition coefficient (Wildman–Crippen LogP) is 2.14. The lowest BCUT2D eigenvalue weighted by atomic mass is 10.1. The summed E-state index contributed by atoms with van der Waals surface area (Å²) in [6.07, 6.45) is 6.51. The molecule has 0 aromatic carbocycles. The fourth-order valence-electron chi connectivity index (χ4n) is 0.995. The summed E-state index contributed by atoms with van der Waals surface area (Å²) in [4.78, 5) is 0. The van der Waals surface area contributed by atoms with Gasteiger partial charge in [0.05, 0.1) is 0 Å². The molecule has 0 amide bonds. The van der Waals surface area contributed by atoms with E-state index in [-0.39, 0.29) is 0 Å². The molecule has 59 valence electrons. The first-order valence-electron chi connectivity index (χ1n) is 4.05. The van der Waals surface area contributed by atoms with E-state index in [0.29, 0.717) is 6.04 Å². The van der Waals surface area contributed by atoms with Crippen LogP contribution >= 0.6 is 0 Å². The summed E-state index contributed by atoms with van der Waals surface area (Å²) < 4.78 is 0. The second kappa shape index (κ2) is 6.81. The molecule has 0 saturated carbocycles.